The number of hydrogen-bond acceptors (Lipinski definition) is 2. The zero-order chi connectivity index (χ0) is 13.9. The number of anilines is 1. The van der Waals surface area contributed by atoms with E-state index < -0.39 is 0 Å². The van der Waals surface area contributed by atoms with Gasteiger partial charge < -0.3 is 4.90 Å². The maximum absolute atomic E-state index is 11.6. The molecule has 1 heterocycles. The second kappa shape index (κ2) is 5.92. The van der Waals surface area contributed by atoms with Crippen molar-refractivity contribution in [1.29, 1.82) is 0 Å². The third-order valence-corrected chi connectivity index (χ3v) is 4.75. The van der Waals surface area contributed by atoms with E-state index >= 15 is 0 Å². The van der Waals surface area contributed by atoms with Gasteiger partial charge in [0.2, 0.25) is 6.41 Å². The molecular formula is C16H17BrN2O. The van der Waals surface area contributed by atoms with Crippen LogP contribution in [0.1, 0.15) is 32.1 Å². The van der Waals surface area contributed by atoms with Gasteiger partial charge in [-0.2, -0.15) is 0 Å². The number of benzene rings is 1. The van der Waals surface area contributed by atoms with E-state index in [2.05, 4.69) is 20.9 Å². The summed E-state index contributed by atoms with van der Waals surface area (Å²) in [5.74, 6) is 0. The second-order valence-corrected chi connectivity index (χ2v) is 6.12. The van der Waals surface area contributed by atoms with Gasteiger partial charge in [-0.3, -0.25) is 9.78 Å². The Hall–Kier alpha value is -1.42. The van der Waals surface area contributed by atoms with E-state index in [0.29, 0.717) is 6.04 Å². The van der Waals surface area contributed by atoms with Crippen LogP contribution in [-0.2, 0) is 4.79 Å². The van der Waals surface area contributed by atoms with Gasteiger partial charge in [0.25, 0.3) is 0 Å². The largest absolute Gasteiger partial charge is 0.310 e. The lowest BCUT2D eigenvalue weighted by atomic mass is 9.94. The number of carbonyl (C=O) groups is 1. The fourth-order valence-corrected chi connectivity index (χ4v) is 3.48. The molecular weight excluding hydrogens is 316 g/mol. The predicted octanol–water partition coefficient (Wildman–Crippen LogP) is 4.29. The Kier molecular flexibility index (Phi) is 4.01. The number of fused-ring (bicyclic) bond motifs is 1. The normalized spacial score (nSPS) is 16.2. The fourth-order valence-electron chi connectivity index (χ4n) is 3.03. The molecule has 1 amide bonds. The van der Waals surface area contributed by atoms with Gasteiger partial charge in [0, 0.05) is 22.1 Å². The number of halogens is 1. The molecule has 0 spiro atoms. The van der Waals surface area contributed by atoms with E-state index in [-0.39, 0.29) is 0 Å². The highest BCUT2D eigenvalue weighted by Crippen LogP contribution is 2.33. The Bertz CT molecular complexity index is 623. The number of rotatable bonds is 3. The second-order valence-electron chi connectivity index (χ2n) is 5.27. The van der Waals surface area contributed by atoms with Crippen molar-refractivity contribution in [1.82, 2.24) is 4.98 Å². The molecule has 0 radical (unpaired) electrons. The third kappa shape index (κ3) is 2.44. The van der Waals surface area contributed by atoms with E-state index in [1.165, 1.54) is 19.3 Å². The van der Waals surface area contributed by atoms with Crippen LogP contribution in [0.3, 0.4) is 0 Å². The van der Waals surface area contributed by atoms with Crippen molar-refractivity contribution in [2.75, 3.05) is 4.90 Å². The zero-order valence-electron chi connectivity index (χ0n) is 11.3. The maximum atomic E-state index is 11.6. The van der Waals surface area contributed by atoms with Crippen LogP contribution < -0.4 is 4.90 Å². The molecule has 0 unspecified atom stereocenters. The molecule has 4 heteroatoms. The van der Waals surface area contributed by atoms with Gasteiger partial charge in [-0.25, -0.2) is 0 Å². The van der Waals surface area contributed by atoms with Crippen molar-refractivity contribution >= 4 is 38.9 Å². The summed E-state index contributed by atoms with van der Waals surface area (Å²) in [5, 5.41) is 1.05. The molecule has 3 rings (SSSR count). The van der Waals surface area contributed by atoms with Crippen molar-refractivity contribution in [2.24, 2.45) is 0 Å². The van der Waals surface area contributed by atoms with Crippen LogP contribution in [0.2, 0.25) is 0 Å². The van der Waals surface area contributed by atoms with Crippen LogP contribution in [0.5, 0.6) is 0 Å². The molecule has 0 saturated heterocycles. The van der Waals surface area contributed by atoms with E-state index in [1.807, 2.05) is 29.2 Å². The molecule has 1 fully saturated rings. The first-order valence-corrected chi connectivity index (χ1v) is 7.87. The number of nitrogens with zero attached hydrogens (tertiary/aromatic N) is 2. The van der Waals surface area contributed by atoms with Crippen LogP contribution in [0, 0.1) is 0 Å². The molecule has 104 valence electrons. The lowest BCUT2D eigenvalue weighted by molar-refractivity contribution is -0.108. The van der Waals surface area contributed by atoms with Crippen LogP contribution in [0.4, 0.5) is 5.69 Å². The summed E-state index contributed by atoms with van der Waals surface area (Å²) >= 11 is 3.55. The molecule has 2 aromatic rings. The minimum absolute atomic E-state index is 0.313. The standard InChI is InChI=1S/C16H17BrN2O/c17-14-8-9-15(16-13(14)7-4-10-18-16)19(11-20)12-5-2-1-3-6-12/h4,7-12H,1-3,5-6H2. The first-order chi connectivity index (χ1) is 9.81. The van der Waals surface area contributed by atoms with E-state index in [9.17, 15) is 4.79 Å². The SMILES string of the molecule is O=CN(c1ccc(Br)c2cccnc12)C1CCCCC1. The van der Waals surface area contributed by atoms with Gasteiger partial charge in [0.1, 0.15) is 0 Å². The predicted molar refractivity (Wildman–Crippen MR) is 84.9 cm³/mol. The molecule has 1 aromatic heterocycles. The average Bonchev–Trinajstić information content (AvgIpc) is 2.52. The van der Waals surface area contributed by atoms with E-state index in [1.54, 1.807) is 6.20 Å². The summed E-state index contributed by atoms with van der Waals surface area (Å²) in [6.07, 6.45) is 8.61. The average molecular weight is 333 g/mol. The van der Waals surface area contributed by atoms with E-state index in [0.717, 1.165) is 40.3 Å². The highest BCUT2D eigenvalue weighted by Gasteiger charge is 2.23. The highest BCUT2D eigenvalue weighted by molar-refractivity contribution is 9.10. The van der Waals surface area contributed by atoms with Gasteiger partial charge >= 0.3 is 0 Å². The fraction of sp³-hybridized carbons (Fsp3) is 0.375. The topological polar surface area (TPSA) is 33.2 Å². The Labute approximate surface area is 127 Å². The molecule has 1 aliphatic rings. The minimum Gasteiger partial charge on any atom is -0.310 e. The molecule has 1 aromatic carbocycles. The molecule has 20 heavy (non-hydrogen) atoms. The number of hydrogen-bond donors (Lipinski definition) is 0. The van der Waals surface area contributed by atoms with Gasteiger partial charge in [-0.05, 0) is 31.0 Å². The summed E-state index contributed by atoms with van der Waals surface area (Å²) in [5.41, 5.74) is 1.81. The highest BCUT2D eigenvalue weighted by atomic mass is 79.9. The third-order valence-electron chi connectivity index (χ3n) is 4.05. The lowest BCUT2D eigenvalue weighted by Crippen LogP contribution is -2.35. The summed E-state index contributed by atoms with van der Waals surface area (Å²) in [4.78, 5) is 18.0. The Morgan fingerprint density at radius 3 is 2.75 bits per heavy atom. The zero-order valence-corrected chi connectivity index (χ0v) is 12.8. The van der Waals surface area contributed by atoms with Crippen LogP contribution >= 0.6 is 15.9 Å². The molecule has 0 N–H and O–H groups in total. The van der Waals surface area contributed by atoms with Gasteiger partial charge in [0.05, 0.1) is 11.2 Å². The number of aromatic nitrogens is 1. The quantitative estimate of drug-likeness (QED) is 0.785. The molecule has 0 bridgehead atoms. The molecule has 3 nitrogen and oxygen atoms in total. The lowest BCUT2D eigenvalue weighted by Gasteiger charge is -2.31. The Morgan fingerprint density at radius 1 is 1.20 bits per heavy atom. The molecule has 1 aliphatic carbocycles. The Morgan fingerprint density at radius 2 is 2.00 bits per heavy atom. The first kappa shape index (κ1) is 13.6. The molecule has 0 atom stereocenters. The van der Waals surface area contributed by atoms with Gasteiger partial charge in [-0.1, -0.05) is 41.3 Å². The van der Waals surface area contributed by atoms with Crippen LogP contribution in [-0.4, -0.2) is 17.4 Å². The van der Waals surface area contributed by atoms with Crippen molar-refractivity contribution < 1.29 is 4.79 Å². The molecule has 1 saturated carbocycles. The summed E-state index contributed by atoms with van der Waals surface area (Å²) < 4.78 is 1.01. The smallest absolute Gasteiger partial charge is 0.214 e. The number of carbonyl (C=O) groups excluding carboxylic acids is 1. The van der Waals surface area contributed by atoms with Crippen molar-refractivity contribution in [2.45, 2.75) is 38.1 Å². The maximum Gasteiger partial charge on any atom is 0.214 e. The number of pyridine rings is 1. The monoisotopic (exact) mass is 332 g/mol. The van der Waals surface area contributed by atoms with Crippen molar-refractivity contribution in [3.8, 4) is 0 Å². The number of amides is 1. The van der Waals surface area contributed by atoms with Crippen LogP contribution in [0.15, 0.2) is 34.9 Å². The van der Waals surface area contributed by atoms with Gasteiger partial charge in [-0.15, -0.1) is 0 Å². The van der Waals surface area contributed by atoms with Crippen molar-refractivity contribution in [3.63, 3.8) is 0 Å². The van der Waals surface area contributed by atoms with E-state index in [4.69, 9.17) is 0 Å². The van der Waals surface area contributed by atoms with Gasteiger partial charge in [0.15, 0.2) is 0 Å². The summed E-state index contributed by atoms with van der Waals surface area (Å²) in [6.45, 7) is 0. The Balaban J connectivity index is 2.07. The minimum atomic E-state index is 0.313. The summed E-state index contributed by atoms with van der Waals surface area (Å²) in [7, 11) is 0. The summed E-state index contributed by atoms with van der Waals surface area (Å²) in [6, 6.07) is 8.25. The first-order valence-electron chi connectivity index (χ1n) is 7.08. The van der Waals surface area contributed by atoms with Crippen LogP contribution in [0.25, 0.3) is 10.9 Å². The molecule has 0 aliphatic heterocycles. The van der Waals surface area contributed by atoms with Crippen molar-refractivity contribution in [3.05, 3.63) is 34.9 Å².